The molecule has 0 aromatic heterocycles. The molecule has 17 heavy (non-hydrogen) atoms. The second-order valence-corrected chi connectivity index (χ2v) is 5.62. The summed E-state index contributed by atoms with van der Waals surface area (Å²) in [4.78, 5) is 13.3. The zero-order valence-corrected chi connectivity index (χ0v) is 11.2. The number of rotatable bonds is 6. The van der Waals surface area contributed by atoms with E-state index >= 15 is 0 Å². The maximum Gasteiger partial charge on any atom is 0.309 e. The standard InChI is InChI=1S/C13H25NO3/c1-13(2,12(15)16)7-4-8-14(3)11-5-9-17-10-6-11/h11H,4-10H2,1-3H3,(H,15,16). The lowest BCUT2D eigenvalue weighted by Gasteiger charge is -2.31. The lowest BCUT2D eigenvalue weighted by molar-refractivity contribution is -0.147. The van der Waals surface area contributed by atoms with Gasteiger partial charge in [-0.2, -0.15) is 0 Å². The second kappa shape index (κ2) is 6.36. The maximum atomic E-state index is 11.0. The third kappa shape index (κ3) is 4.64. The van der Waals surface area contributed by atoms with Crippen LogP contribution in [-0.4, -0.2) is 48.8 Å². The fraction of sp³-hybridized carbons (Fsp3) is 0.923. The molecule has 1 saturated heterocycles. The summed E-state index contributed by atoms with van der Waals surface area (Å²) in [7, 11) is 2.13. The van der Waals surface area contributed by atoms with Crippen molar-refractivity contribution < 1.29 is 14.6 Å². The predicted molar refractivity (Wildman–Crippen MR) is 67.1 cm³/mol. The highest BCUT2D eigenvalue weighted by atomic mass is 16.5. The fourth-order valence-corrected chi connectivity index (χ4v) is 2.19. The highest BCUT2D eigenvalue weighted by Crippen LogP contribution is 2.23. The molecule has 1 aliphatic rings. The molecule has 0 aromatic rings. The molecule has 4 nitrogen and oxygen atoms in total. The van der Waals surface area contributed by atoms with Crippen LogP contribution in [0.3, 0.4) is 0 Å². The number of aliphatic carboxylic acids is 1. The summed E-state index contributed by atoms with van der Waals surface area (Å²) >= 11 is 0. The first-order valence-corrected chi connectivity index (χ1v) is 6.45. The van der Waals surface area contributed by atoms with Gasteiger partial charge in [-0.3, -0.25) is 4.79 Å². The van der Waals surface area contributed by atoms with Crippen LogP contribution in [0.2, 0.25) is 0 Å². The van der Waals surface area contributed by atoms with E-state index in [9.17, 15) is 4.79 Å². The number of carboxylic acid groups (broad SMARTS) is 1. The minimum absolute atomic E-state index is 0.601. The smallest absolute Gasteiger partial charge is 0.309 e. The number of nitrogens with zero attached hydrogens (tertiary/aromatic N) is 1. The molecule has 1 aliphatic heterocycles. The van der Waals surface area contributed by atoms with Crippen molar-refractivity contribution >= 4 is 5.97 Å². The monoisotopic (exact) mass is 243 g/mol. The summed E-state index contributed by atoms with van der Waals surface area (Å²) in [5.74, 6) is -0.703. The van der Waals surface area contributed by atoms with E-state index in [4.69, 9.17) is 9.84 Å². The molecule has 0 aromatic carbocycles. The molecule has 1 heterocycles. The fourth-order valence-electron chi connectivity index (χ4n) is 2.19. The number of carboxylic acids is 1. The van der Waals surface area contributed by atoms with E-state index in [-0.39, 0.29) is 0 Å². The van der Waals surface area contributed by atoms with Gasteiger partial charge in [-0.1, -0.05) is 0 Å². The van der Waals surface area contributed by atoms with Crippen molar-refractivity contribution in [2.75, 3.05) is 26.8 Å². The Bertz CT molecular complexity index is 247. The van der Waals surface area contributed by atoms with Crippen LogP contribution < -0.4 is 0 Å². The summed E-state index contributed by atoms with van der Waals surface area (Å²) < 4.78 is 5.34. The van der Waals surface area contributed by atoms with Gasteiger partial charge in [-0.15, -0.1) is 0 Å². The number of ether oxygens (including phenoxy) is 1. The molecule has 0 bridgehead atoms. The quantitative estimate of drug-likeness (QED) is 0.775. The van der Waals surface area contributed by atoms with E-state index in [2.05, 4.69) is 11.9 Å². The minimum atomic E-state index is -0.703. The molecular weight excluding hydrogens is 218 g/mol. The Morgan fingerprint density at radius 1 is 1.41 bits per heavy atom. The van der Waals surface area contributed by atoms with Gasteiger partial charge in [-0.05, 0) is 53.1 Å². The van der Waals surface area contributed by atoms with Gasteiger partial charge >= 0.3 is 5.97 Å². The van der Waals surface area contributed by atoms with Crippen molar-refractivity contribution in [3.8, 4) is 0 Å². The van der Waals surface area contributed by atoms with E-state index in [0.717, 1.165) is 45.4 Å². The first-order chi connectivity index (χ1) is 7.93. The maximum absolute atomic E-state index is 11.0. The number of hydrogen-bond donors (Lipinski definition) is 1. The van der Waals surface area contributed by atoms with E-state index in [0.29, 0.717) is 6.04 Å². The summed E-state index contributed by atoms with van der Waals surface area (Å²) in [5, 5.41) is 9.03. The van der Waals surface area contributed by atoms with Crippen LogP contribution in [0.5, 0.6) is 0 Å². The molecule has 100 valence electrons. The van der Waals surface area contributed by atoms with E-state index in [1.165, 1.54) is 0 Å². The zero-order chi connectivity index (χ0) is 12.9. The summed E-state index contributed by atoms with van der Waals surface area (Å²) in [6, 6.07) is 0.608. The van der Waals surface area contributed by atoms with Crippen LogP contribution in [0, 0.1) is 5.41 Å². The Hall–Kier alpha value is -0.610. The van der Waals surface area contributed by atoms with E-state index in [1.807, 2.05) is 0 Å². The van der Waals surface area contributed by atoms with Gasteiger partial charge in [0.1, 0.15) is 0 Å². The summed E-state index contributed by atoms with van der Waals surface area (Å²) in [6.45, 7) is 6.28. The zero-order valence-electron chi connectivity index (χ0n) is 11.2. The molecule has 0 spiro atoms. The Morgan fingerprint density at radius 3 is 2.53 bits per heavy atom. The molecular formula is C13H25NO3. The van der Waals surface area contributed by atoms with Gasteiger partial charge in [0.25, 0.3) is 0 Å². The van der Waals surface area contributed by atoms with Crippen molar-refractivity contribution in [1.82, 2.24) is 4.90 Å². The Balaban J connectivity index is 2.23. The molecule has 4 heteroatoms. The topological polar surface area (TPSA) is 49.8 Å². The summed E-state index contributed by atoms with van der Waals surface area (Å²) in [6.07, 6.45) is 3.86. The van der Waals surface area contributed by atoms with Gasteiger partial charge < -0.3 is 14.7 Å². The van der Waals surface area contributed by atoms with Crippen molar-refractivity contribution in [3.63, 3.8) is 0 Å². The van der Waals surface area contributed by atoms with Crippen molar-refractivity contribution in [2.45, 2.75) is 45.6 Å². The lowest BCUT2D eigenvalue weighted by Crippen LogP contribution is -2.37. The largest absolute Gasteiger partial charge is 0.481 e. The van der Waals surface area contributed by atoms with Gasteiger partial charge in [0.15, 0.2) is 0 Å². The molecule has 0 atom stereocenters. The van der Waals surface area contributed by atoms with Gasteiger partial charge in [0.2, 0.25) is 0 Å². The molecule has 1 fully saturated rings. The average molecular weight is 243 g/mol. The van der Waals surface area contributed by atoms with Gasteiger partial charge in [0.05, 0.1) is 5.41 Å². The molecule has 0 saturated carbocycles. The van der Waals surface area contributed by atoms with Gasteiger partial charge in [0, 0.05) is 19.3 Å². The lowest BCUT2D eigenvalue weighted by atomic mass is 9.88. The van der Waals surface area contributed by atoms with Crippen molar-refractivity contribution in [3.05, 3.63) is 0 Å². The van der Waals surface area contributed by atoms with Crippen molar-refractivity contribution in [1.29, 1.82) is 0 Å². The third-order valence-corrected chi connectivity index (χ3v) is 3.71. The highest BCUT2D eigenvalue weighted by molar-refractivity contribution is 5.73. The van der Waals surface area contributed by atoms with Crippen LogP contribution in [-0.2, 0) is 9.53 Å². The molecule has 0 amide bonds. The first-order valence-electron chi connectivity index (χ1n) is 6.45. The Kier molecular flexibility index (Phi) is 5.40. The molecule has 0 aliphatic carbocycles. The van der Waals surface area contributed by atoms with Crippen LogP contribution in [0.1, 0.15) is 39.5 Å². The SMILES string of the molecule is CN(CCCC(C)(C)C(=O)O)C1CCOCC1. The van der Waals surface area contributed by atoms with Crippen LogP contribution >= 0.6 is 0 Å². The molecule has 0 radical (unpaired) electrons. The van der Waals surface area contributed by atoms with Crippen molar-refractivity contribution in [2.24, 2.45) is 5.41 Å². The Labute approximate surface area is 104 Å². The molecule has 0 unspecified atom stereocenters. The van der Waals surface area contributed by atoms with E-state index in [1.54, 1.807) is 13.8 Å². The molecule has 1 N–H and O–H groups in total. The van der Waals surface area contributed by atoms with Crippen LogP contribution in [0.15, 0.2) is 0 Å². The average Bonchev–Trinajstić information content (AvgIpc) is 2.29. The summed E-state index contributed by atoms with van der Waals surface area (Å²) in [5.41, 5.74) is -0.601. The minimum Gasteiger partial charge on any atom is -0.481 e. The number of hydrogen-bond acceptors (Lipinski definition) is 3. The Morgan fingerprint density at radius 2 is 2.00 bits per heavy atom. The predicted octanol–water partition coefficient (Wildman–Crippen LogP) is 1.99. The number of carbonyl (C=O) groups is 1. The normalized spacial score (nSPS) is 18.6. The third-order valence-electron chi connectivity index (χ3n) is 3.71. The van der Waals surface area contributed by atoms with Gasteiger partial charge in [-0.25, -0.2) is 0 Å². The van der Waals surface area contributed by atoms with Crippen LogP contribution in [0.4, 0.5) is 0 Å². The second-order valence-electron chi connectivity index (χ2n) is 5.62. The van der Waals surface area contributed by atoms with E-state index < -0.39 is 11.4 Å². The molecule has 1 rings (SSSR count). The first kappa shape index (κ1) is 14.5. The highest BCUT2D eigenvalue weighted by Gasteiger charge is 2.27. The van der Waals surface area contributed by atoms with Crippen LogP contribution in [0.25, 0.3) is 0 Å².